The molecule has 6 nitrogen and oxygen atoms in total. The summed E-state index contributed by atoms with van der Waals surface area (Å²) in [6.45, 7) is 0. The fourth-order valence-corrected chi connectivity index (χ4v) is 1.06. The van der Waals surface area contributed by atoms with Crippen molar-refractivity contribution in [2.24, 2.45) is 0 Å². The Labute approximate surface area is 84.5 Å². The summed E-state index contributed by atoms with van der Waals surface area (Å²) < 4.78 is 17.4. The lowest BCUT2D eigenvalue weighted by Gasteiger charge is -2.05. The minimum Gasteiger partial charge on any atom is -0.134 e. The van der Waals surface area contributed by atoms with E-state index in [4.69, 9.17) is 28.7 Å². The van der Waals surface area contributed by atoms with Crippen molar-refractivity contribution in [1.82, 2.24) is 0 Å². The van der Waals surface area contributed by atoms with Crippen molar-refractivity contribution in [2.45, 2.75) is 38.5 Å². The Bertz CT molecular complexity index is 127. The van der Waals surface area contributed by atoms with Crippen LogP contribution in [0.25, 0.3) is 0 Å². The van der Waals surface area contributed by atoms with Crippen molar-refractivity contribution >= 4 is 16.5 Å². The van der Waals surface area contributed by atoms with Crippen LogP contribution in [0.3, 0.4) is 0 Å². The zero-order valence-electron chi connectivity index (χ0n) is 7.74. The highest BCUT2D eigenvalue weighted by molar-refractivity contribution is 7.31. The predicted molar refractivity (Wildman–Crippen MR) is 51.8 cm³/mol. The summed E-state index contributed by atoms with van der Waals surface area (Å²) in [5.41, 5.74) is 0. The van der Waals surface area contributed by atoms with Crippen LogP contribution in [-0.4, -0.2) is 19.6 Å². The van der Waals surface area contributed by atoms with E-state index in [0.29, 0.717) is 0 Å². The molecule has 0 radical (unpaired) electrons. The molecular weight excluding hydrogens is 230 g/mol. The van der Waals surface area contributed by atoms with Crippen molar-refractivity contribution in [1.29, 1.82) is 0 Å². The molecule has 84 valence electrons. The van der Waals surface area contributed by atoms with E-state index < -0.39 is 16.5 Å². The predicted octanol–water partition coefficient (Wildman–Crippen LogP) is 1.60. The van der Waals surface area contributed by atoms with E-state index in [1.165, 1.54) is 38.5 Å². The van der Waals surface area contributed by atoms with Gasteiger partial charge in [0, 0.05) is 9.13 Å². The van der Waals surface area contributed by atoms with Gasteiger partial charge in [-0.3, -0.25) is 0 Å². The van der Waals surface area contributed by atoms with Crippen LogP contribution < -0.4 is 0 Å². The summed E-state index contributed by atoms with van der Waals surface area (Å²) >= 11 is 0. The first-order valence-corrected chi connectivity index (χ1v) is 6.50. The summed E-state index contributed by atoms with van der Waals surface area (Å²) in [6, 6.07) is 0. The Balaban J connectivity index is 0. The van der Waals surface area contributed by atoms with Crippen LogP contribution in [0.2, 0.25) is 0 Å². The summed E-state index contributed by atoms with van der Waals surface area (Å²) in [6.07, 6.45) is 9.00. The maximum Gasteiger partial charge on any atom is 0.692 e. The normalized spacial score (nSPS) is 14.0. The molecule has 14 heavy (non-hydrogen) atoms. The molecule has 0 saturated heterocycles. The Kier molecular flexibility index (Phi) is 15.3. The van der Waals surface area contributed by atoms with Crippen LogP contribution in [0.4, 0.5) is 0 Å². The largest absolute Gasteiger partial charge is 0.692 e. The molecule has 0 aromatic carbocycles. The molecule has 0 aromatic heterocycles. The molecule has 0 amide bonds. The van der Waals surface area contributed by atoms with Gasteiger partial charge in [-0.25, -0.2) is 0 Å². The van der Waals surface area contributed by atoms with Crippen LogP contribution >= 0.6 is 16.5 Å². The molecule has 0 heterocycles. The SMILES string of the molecule is C1CCCCC1.O=[P+](O)O.O=[P+](O)O. The average Bonchev–Trinajstić information content (AvgIpc) is 2.05. The van der Waals surface area contributed by atoms with Crippen molar-refractivity contribution in [3.05, 3.63) is 0 Å². The van der Waals surface area contributed by atoms with Crippen LogP contribution in [0.5, 0.6) is 0 Å². The molecule has 0 aliphatic heterocycles. The van der Waals surface area contributed by atoms with Gasteiger partial charge >= 0.3 is 16.5 Å². The molecule has 0 spiro atoms. The smallest absolute Gasteiger partial charge is 0.134 e. The van der Waals surface area contributed by atoms with Gasteiger partial charge < -0.3 is 0 Å². The molecule has 1 fully saturated rings. The van der Waals surface area contributed by atoms with Gasteiger partial charge in [0.25, 0.3) is 0 Å². The Morgan fingerprint density at radius 2 is 0.643 bits per heavy atom. The maximum absolute atomic E-state index is 8.70. The molecule has 1 aliphatic rings. The van der Waals surface area contributed by atoms with E-state index in [-0.39, 0.29) is 0 Å². The van der Waals surface area contributed by atoms with Gasteiger partial charge in [-0.1, -0.05) is 38.5 Å². The van der Waals surface area contributed by atoms with Crippen LogP contribution in [0, 0.1) is 0 Å². The van der Waals surface area contributed by atoms with E-state index in [1.807, 2.05) is 0 Å². The summed E-state index contributed by atoms with van der Waals surface area (Å²) in [7, 11) is -5.74. The molecule has 4 N–H and O–H groups in total. The third-order valence-electron chi connectivity index (χ3n) is 1.50. The van der Waals surface area contributed by atoms with E-state index in [1.54, 1.807) is 0 Å². The first-order valence-electron chi connectivity index (χ1n) is 4.17. The molecule has 0 atom stereocenters. The van der Waals surface area contributed by atoms with E-state index in [9.17, 15) is 0 Å². The van der Waals surface area contributed by atoms with Gasteiger partial charge in [0.2, 0.25) is 0 Å². The van der Waals surface area contributed by atoms with Gasteiger partial charge in [0.05, 0.1) is 0 Å². The van der Waals surface area contributed by atoms with Crippen molar-refractivity contribution in [2.75, 3.05) is 0 Å². The molecule has 8 heteroatoms. The minimum atomic E-state index is -2.87. The standard InChI is InChI=1S/C6H12.2HO3P/c1-2-4-6-5-3-1;2*1-4(2)3/h1-6H2;2*(H-,1,2,3)/p+2. The summed E-state index contributed by atoms with van der Waals surface area (Å²) in [5, 5.41) is 0. The number of hydrogen-bond donors (Lipinski definition) is 4. The Hall–Kier alpha value is 0.0400. The first-order chi connectivity index (χ1) is 6.46. The second-order valence-corrected chi connectivity index (χ2v) is 3.64. The van der Waals surface area contributed by atoms with Gasteiger partial charge in [-0.15, -0.1) is 19.6 Å². The summed E-state index contributed by atoms with van der Waals surface area (Å²) in [4.78, 5) is 28.5. The van der Waals surface area contributed by atoms with E-state index >= 15 is 0 Å². The average molecular weight is 246 g/mol. The van der Waals surface area contributed by atoms with Crippen LogP contribution in [0.1, 0.15) is 38.5 Å². The zero-order chi connectivity index (χ0) is 11.4. The fourth-order valence-electron chi connectivity index (χ4n) is 1.06. The number of rotatable bonds is 0. The van der Waals surface area contributed by atoms with E-state index in [2.05, 4.69) is 0 Å². The highest BCUT2D eigenvalue weighted by Crippen LogP contribution is 2.15. The quantitative estimate of drug-likeness (QED) is 0.482. The first kappa shape index (κ1) is 16.5. The fraction of sp³-hybridized carbons (Fsp3) is 1.00. The minimum absolute atomic E-state index is 1.50. The lowest BCUT2D eigenvalue weighted by atomic mass is 10.0. The maximum atomic E-state index is 8.70. The third kappa shape index (κ3) is 40.2. The molecule has 1 rings (SSSR count). The highest BCUT2D eigenvalue weighted by atomic mass is 31.1. The molecule has 0 unspecified atom stereocenters. The zero-order valence-corrected chi connectivity index (χ0v) is 9.53. The Morgan fingerprint density at radius 3 is 0.714 bits per heavy atom. The van der Waals surface area contributed by atoms with Crippen molar-refractivity contribution in [3.63, 3.8) is 0 Å². The van der Waals surface area contributed by atoms with Crippen molar-refractivity contribution in [3.8, 4) is 0 Å². The monoisotopic (exact) mass is 246 g/mol. The second kappa shape index (κ2) is 13.0. The molecule has 0 bridgehead atoms. The van der Waals surface area contributed by atoms with Crippen molar-refractivity contribution < 1.29 is 28.7 Å². The van der Waals surface area contributed by atoms with Gasteiger partial charge in [-0.05, 0) is 0 Å². The Morgan fingerprint density at radius 1 is 0.571 bits per heavy atom. The van der Waals surface area contributed by atoms with E-state index in [0.717, 1.165) is 0 Å². The second-order valence-electron chi connectivity index (χ2n) is 2.63. The molecular formula is C6H16O6P2+2. The lowest BCUT2D eigenvalue weighted by molar-refractivity contribution is 0.403. The topological polar surface area (TPSA) is 115 Å². The molecule has 1 saturated carbocycles. The van der Waals surface area contributed by atoms with Gasteiger partial charge in [0.15, 0.2) is 0 Å². The van der Waals surface area contributed by atoms with Gasteiger partial charge in [-0.2, -0.15) is 0 Å². The lowest BCUT2D eigenvalue weighted by Crippen LogP contribution is -1.85. The summed E-state index contributed by atoms with van der Waals surface area (Å²) in [5.74, 6) is 0. The number of hydrogen-bond acceptors (Lipinski definition) is 2. The van der Waals surface area contributed by atoms with Gasteiger partial charge in [0.1, 0.15) is 0 Å². The van der Waals surface area contributed by atoms with Crippen LogP contribution in [0.15, 0.2) is 0 Å². The third-order valence-corrected chi connectivity index (χ3v) is 1.50. The van der Waals surface area contributed by atoms with Crippen LogP contribution in [-0.2, 0) is 9.13 Å². The highest BCUT2D eigenvalue weighted by Gasteiger charge is 1.95. The molecule has 1 aliphatic carbocycles. The molecule has 0 aromatic rings.